The van der Waals surface area contributed by atoms with Crippen molar-refractivity contribution in [3.8, 4) is 0 Å². The number of benzene rings is 1. The summed E-state index contributed by atoms with van der Waals surface area (Å²) in [6, 6.07) is 4.46. The zero-order chi connectivity index (χ0) is 27.5. The first-order chi connectivity index (χ1) is 17.7. The number of amides is 2. The standard InChI is InChI=1S/C24H24F7N3O2S2/c25-22(26,23(27,28)29)24(30,31)38-16-4-2-1-3-15(16)32-18(35)8-17-19(36)33-20(37-17)34-21-9-12-5-13(10-21)7-14(6-12)11-21/h1-4,12-14,17H,5-11H2,(H,32,35)(H,33,34,36). The van der Waals surface area contributed by atoms with Crippen molar-refractivity contribution in [2.75, 3.05) is 5.32 Å². The van der Waals surface area contributed by atoms with Crippen LogP contribution in [0.15, 0.2) is 34.2 Å². The van der Waals surface area contributed by atoms with Crippen molar-refractivity contribution < 1.29 is 40.3 Å². The first-order valence-electron chi connectivity index (χ1n) is 12.1. The Bertz CT molecular complexity index is 1120. The molecular formula is C24H24F7N3O2S2. The molecule has 1 aliphatic heterocycles. The summed E-state index contributed by atoms with van der Waals surface area (Å²) in [5.41, 5.74) is -0.563. The van der Waals surface area contributed by atoms with E-state index in [0.29, 0.717) is 22.9 Å². The molecule has 5 aliphatic rings. The molecule has 5 nitrogen and oxygen atoms in total. The fourth-order valence-corrected chi connectivity index (χ4v) is 8.38. The van der Waals surface area contributed by atoms with Gasteiger partial charge in [0.05, 0.1) is 11.2 Å². The number of rotatable bonds is 7. The molecule has 6 rings (SSSR count). The number of nitrogens with one attached hydrogen (secondary N) is 2. The van der Waals surface area contributed by atoms with Crippen molar-refractivity contribution in [2.45, 2.75) is 78.0 Å². The summed E-state index contributed by atoms with van der Waals surface area (Å²) in [7, 11) is 0. The molecule has 0 radical (unpaired) electrons. The highest BCUT2D eigenvalue weighted by atomic mass is 32.2. The summed E-state index contributed by atoms with van der Waals surface area (Å²) < 4.78 is 92.2. The zero-order valence-corrected chi connectivity index (χ0v) is 21.4. The fourth-order valence-electron chi connectivity index (χ4n) is 6.41. The van der Waals surface area contributed by atoms with Crippen LogP contribution in [0.25, 0.3) is 0 Å². The molecule has 4 saturated carbocycles. The summed E-state index contributed by atoms with van der Waals surface area (Å²) in [5.74, 6) is -5.57. The van der Waals surface area contributed by atoms with Gasteiger partial charge >= 0.3 is 17.4 Å². The summed E-state index contributed by atoms with van der Waals surface area (Å²) in [6.45, 7) is 0. The third kappa shape index (κ3) is 5.26. The molecule has 1 aromatic carbocycles. The summed E-state index contributed by atoms with van der Waals surface area (Å²) in [4.78, 5) is 29.4. The molecule has 2 N–H and O–H groups in total. The predicted octanol–water partition coefficient (Wildman–Crippen LogP) is 6.45. The molecule has 0 aromatic heterocycles. The molecule has 38 heavy (non-hydrogen) atoms. The third-order valence-corrected chi connectivity index (χ3v) is 9.78. The van der Waals surface area contributed by atoms with Gasteiger partial charge in [-0.2, -0.15) is 30.7 Å². The van der Waals surface area contributed by atoms with Crippen LogP contribution in [-0.2, 0) is 9.59 Å². The van der Waals surface area contributed by atoms with Crippen molar-refractivity contribution in [3.63, 3.8) is 0 Å². The van der Waals surface area contributed by atoms with E-state index in [0.717, 1.165) is 49.2 Å². The minimum Gasteiger partial charge on any atom is -0.325 e. The van der Waals surface area contributed by atoms with Gasteiger partial charge in [-0.05, 0) is 80.2 Å². The van der Waals surface area contributed by atoms with Crippen molar-refractivity contribution in [1.29, 1.82) is 0 Å². The predicted molar refractivity (Wildman–Crippen MR) is 129 cm³/mol. The van der Waals surface area contributed by atoms with E-state index in [2.05, 4.69) is 10.6 Å². The molecular weight excluding hydrogens is 559 g/mol. The second-order valence-electron chi connectivity index (χ2n) is 10.6. The molecule has 1 unspecified atom stereocenters. The number of nitrogens with zero attached hydrogens (tertiary/aromatic N) is 1. The SMILES string of the molecule is O=C(CC1SC(=NC23CC4CC(CC(C4)C2)C3)NC1=O)Nc1ccccc1SC(F)(F)C(F)(F)C(F)(F)F. The Balaban J connectivity index is 1.23. The van der Waals surface area contributed by atoms with Crippen LogP contribution >= 0.6 is 23.5 Å². The number of hydrogen-bond acceptors (Lipinski definition) is 5. The molecule has 4 aliphatic carbocycles. The van der Waals surface area contributed by atoms with Crippen LogP contribution in [-0.4, -0.2) is 45.1 Å². The molecule has 1 aromatic rings. The molecule has 14 heteroatoms. The Labute approximate surface area is 222 Å². The third-order valence-electron chi connectivity index (χ3n) is 7.61. The number of carbonyl (C=O) groups excluding carboxylic acids is 2. The average Bonchev–Trinajstić information content (AvgIpc) is 3.10. The van der Waals surface area contributed by atoms with Gasteiger partial charge in [0.1, 0.15) is 5.25 Å². The Kier molecular flexibility index (Phi) is 6.97. The fraction of sp³-hybridized carbons (Fsp3) is 0.625. The first-order valence-corrected chi connectivity index (χ1v) is 13.8. The number of anilines is 1. The van der Waals surface area contributed by atoms with Gasteiger partial charge < -0.3 is 10.6 Å². The number of aliphatic imine (C=N–C) groups is 1. The number of amidine groups is 1. The van der Waals surface area contributed by atoms with Crippen LogP contribution in [0.3, 0.4) is 0 Å². The normalized spacial score (nSPS) is 32.1. The molecule has 0 spiro atoms. The largest absolute Gasteiger partial charge is 0.460 e. The van der Waals surface area contributed by atoms with Crippen molar-refractivity contribution in [2.24, 2.45) is 22.7 Å². The van der Waals surface area contributed by atoms with Gasteiger partial charge in [0.25, 0.3) is 0 Å². The quantitative estimate of drug-likeness (QED) is 0.286. The van der Waals surface area contributed by atoms with Gasteiger partial charge in [-0.15, -0.1) is 0 Å². The lowest BCUT2D eigenvalue weighted by Gasteiger charge is -2.55. The van der Waals surface area contributed by atoms with Crippen molar-refractivity contribution in [1.82, 2.24) is 5.32 Å². The van der Waals surface area contributed by atoms with E-state index in [-0.39, 0.29) is 17.6 Å². The lowest BCUT2D eigenvalue weighted by Crippen LogP contribution is -2.50. The van der Waals surface area contributed by atoms with E-state index in [9.17, 15) is 40.3 Å². The second-order valence-corrected chi connectivity index (χ2v) is 12.9. The number of alkyl halides is 7. The lowest BCUT2D eigenvalue weighted by atomic mass is 9.53. The Morgan fingerprint density at radius 1 is 1.03 bits per heavy atom. The summed E-state index contributed by atoms with van der Waals surface area (Å²) in [5, 5.41) is -0.954. The molecule has 208 valence electrons. The average molecular weight is 584 g/mol. The number of para-hydroxylation sites is 1. The van der Waals surface area contributed by atoms with E-state index in [1.807, 2.05) is 0 Å². The van der Waals surface area contributed by atoms with Gasteiger partial charge in [-0.3, -0.25) is 14.6 Å². The van der Waals surface area contributed by atoms with Crippen LogP contribution in [0.5, 0.6) is 0 Å². The molecule has 1 atom stereocenters. The molecule has 5 fully saturated rings. The van der Waals surface area contributed by atoms with E-state index in [1.54, 1.807) is 0 Å². The van der Waals surface area contributed by atoms with Gasteiger partial charge in [-0.1, -0.05) is 23.9 Å². The van der Waals surface area contributed by atoms with Gasteiger partial charge in [0, 0.05) is 11.3 Å². The van der Waals surface area contributed by atoms with Gasteiger partial charge in [-0.25, -0.2) is 0 Å². The minimum atomic E-state index is -6.47. The van der Waals surface area contributed by atoms with Crippen LogP contribution in [0.4, 0.5) is 36.4 Å². The number of hydrogen-bond donors (Lipinski definition) is 2. The lowest BCUT2D eigenvalue weighted by molar-refractivity contribution is -0.330. The molecule has 1 saturated heterocycles. The maximum absolute atomic E-state index is 13.9. The molecule has 2 amide bonds. The number of thioether (sulfide) groups is 2. The summed E-state index contributed by atoms with van der Waals surface area (Å²) >= 11 is 0.107. The molecule has 1 heterocycles. The maximum atomic E-state index is 13.9. The van der Waals surface area contributed by atoms with Crippen molar-refractivity contribution in [3.05, 3.63) is 24.3 Å². The minimum absolute atomic E-state index is 0.193. The van der Waals surface area contributed by atoms with E-state index < -0.39 is 51.1 Å². The zero-order valence-electron chi connectivity index (χ0n) is 19.8. The second kappa shape index (κ2) is 9.60. The van der Waals surface area contributed by atoms with Gasteiger partial charge in [0.2, 0.25) is 11.8 Å². The monoisotopic (exact) mass is 583 g/mol. The van der Waals surface area contributed by atoms with Crippen molar-refractivity contribution >= 4 is 46.2 Å². The Hall–Kier alpha value is -1.96. The number of halogens is 7. The Morgan fingerprint density at radius 2 is 1.61 bits per heavy atom. The van der Waals surface area contributed by atoms with E-state index >= 15 is 0 Å². The van der Waals surface area contributed by atoms with Crippen LogP contribution < -0.4 is 10.6 Å². The highest BCUT2D eigenvalue weighted by molar-refractivity contribution is 8.15. The van der Waals surface area contributed by atoms with Crippen LogP contribution in [0, 0.1) is 17.8 Å². The topological polar surface area (TPSA) is 70.6 Å². The van der Waals surface area contributed by atoms with Gasteiger partial charge in [0.15, 0.2) is 5.17 Å². The first kappa shape index (κ1) is 27.6. The van der Waals surface area contributed by atoms with Crippen LogP contribution in [0.1, 0.15) is 44.9 Å². The van der Waals surface area contributed by atoms with E-state index in [4.69, 9.17) is 4.99 Å². The maximum Gasteiger partial charge on any atom is 0.460 e. The van der Waals surface area contributed by atoms with Crippen LogP contribution in [0.2, 0.25) is 0 Å². The highest BCUT2D eigenvalue weighted by Gasteiger charge is 2.73. The number of carbonyl (C=O) groups is 2. The Morgan fingerprint density at radius 3 is 2.18 bits per heavy atom. The summed E-state index contributed by atoms with van der Waals surface area (Å²) in [6.07, 6.45) is -0.206. The smallest absolute Gasteiger partial charge is 0.325 e. The highest BCUT2D eigenvalue weighted by Crippen LogP contribution is 2.58. The molecule has 4 bridgehead atoms. The van der Waals surface area contributed by atoms with E-state index in [1.165, 1.54) is 25.3 Å².